The van der Waals surface area contributed by atoms with Gasteiger partial charge < -0.3 is 69.6 Å². The molecular weight excluding hydrogens is 564 g/mol. The number of ketones is 1. The third kappa shape index (κ3) is 5.70. The van der Waals surface area contributed by atoms with Gasteiger partial charge in [0.1, 0.15) is 71.6 Å². The number of fused-ring (bicyclic) bond motifs is 1. The second-order valence-electron chi connectivity index (χ2n) is 10.4. The Hall–Kier alpha value is -3.25. The van der Waals surface area contributed by atoms with Crippen molar-refractivity contribution in [3.05, 3.63) is 41.5 Å². The zero-order valence-electron chi connectivity index (χ0n) is 22.1. The topological polar surface area (TPSA) is 245 Å². The molecule has 3 aliphatic heterocycles. The van der Waals surface area contributed by atoms with E-state index in [-0.39, 0.29) is 29.2 Å². The molecule has 0 unspecified atom stereocenters. The maximum Gasteiger partial charge on any atom is 0.229 e. The fraction of sp³-hybridized carbons (Fsp3) is 0.519. The molecule has 0 aromatic heterocycles. The zero-order chi connectivity index (χ0) is 30.5. The maximum atomic E-state index is 12.8. The number of aromatic hydroxyl groups is 3. The van der Waals surface area contributed by atoms with Gasteiger partial charge in [-0.15, -0.1) is 0 Å². The number of hydrogen-bond donors (Lipinski definition) is 9. The molecular formula is C27H32O15. The molecule has 42 heavy (non-hydrogen) atoms. The molecule has 15 heteroatoms. The Morgan fingerprint density at radius 3 is 2.19 bits per heavy atom. The van der Waals surface area contributed by atoms with Gasteiger partial charge in [-0.1, -0.05) is 6.07 Å². The summed E-state index contributed by atoms with van der Waals surface area (Å²) >= 11 is 0. The second-order valence-corrected chi connectivity index (χ2v) is 10.4. The average molecular weight is 597 g/mol. The summed E-state index contributed by atoms with van der Waals surface area (Å²) < 4.78 is 27.9. The summed E-state index contributed by atoms with van der Waals surface area (Å²) in [6, 6.07) is 6.26. The van der Waals surface area contributed by atoms with Crippen molar-refractivity contribution in [1.29, 1.82) is 0 Å². The first-order valence-corrected chi connectivity index (χ1v) is 13.1. The van der Waals surface area contributed by atoms with Gasteiger partial charge in [-0.3, -0.25) is 4.79 Å². The van der Waals surface area contributed by atoms with Crippen molar-refractivity contribution >= 4 is 5.78 Å². The predicted octanol–water partition coefficient (Wildman–Crippen LogP) is -1.46. The molecule has 0 aliphatic carbocycles. The number of aliphatic hydroxyl groups is 6. The van der Waals surface area contributed by atoms with Gasteiger partial charge in [-0.05, 0) is 24.6 Å². The van der Waals surface area contributed by atoms with Crippen molar-refractivity contribution in [2.75, 3.05) is 6.61 Å². The van der Waals surface area contributed by atoms with Gasteiger partial charge in [-0.2, -0.15) is 0 Å². The van der Waals surface area contributed by atoms with E-state index in [4.69, 9.17) is 23.7 Å². The average Bonchev–Trinajstić information content (AvgIpc) is 2.95. The van der Waals surface area contributed by atoms with E-state index in [0.717, 1.165) is 6.07 Å². The van der Waals surface area contributed by atoms with E-state index >= 15 is 0 Å². The van der Waals surface area contributed by atoms with Gasteiger partial charge in [0, 0.05) is 12.1 Å². The monoisotopic (exact) mass is 596 g/mol. The Kier molecular flexibility index (Phi) is 8.48. The molecule has 2 aromatic rings. The molecule has 3 heterocycles. The van der Waals surface area contributed by atoms with Crippen LogP contribution in [0.3, 0.4) is 0 Å². The number of hydrogen-bond acceptors (Lipinski definition) is 15. The van der Waals surface area contributed by atoms with Crippen molar-refractivity contribution in [3.8, 4) is 28.7 Å². The van der Waals surface area contributed by atoms with Crippen LogP contribution >= 0.6 is 0 Å². The lowest BCUT2D eigenvalue weighted by molar-refractivity contribution is -0.318. The molecule has 3 aliphatic rings. The molecule has 2 fully saturated rings. The van der Waals surface area contributed by atoms with Gasteiger partial charge in [-0.25, -0.2) is 0 Å². The largest absolute Gasteiger partial charge is 0.507 e. The summed E-state index contributed by atoms with van der Waals surface area (Å²) in [4.78, 5) is 12.8. The Labute approximate surface area is 238 Å². The summed E-state index contributed by atoms with van der Waals surface area (Å²) in [6.45, 7) is 0.949. The fourth-order valence-corrected chi connectivity index (χ4v) is 5.04. The first kappa shape index (κ1) is 30.2. The standard InChI is InChI=1S/C27H32O15/c1-9-20(32)22(34)24(36)26(39-9)38-8-18-21(33)23(35)25(37)27(42-18)40-11-5-14(30)19-15(31)7-16(41-17(19)6-11)10-2-3-12(28)13(29)4-10/h2-6,9,16,18,20-30,32-37H,7-8H2,1H3/t9-,16+,18-,20+,21-,22-,23-,24-,25+,26-,27-/m1/s1. The Morgan fingerprint density at radius 2 is 1.48 bits per heavy atom. The van der Waals surface area contributed by atoms with E-state index < -0.39 is 91.4 Å². The summed E-state index contributed by atoms with van der Waals surface area (Å²) in [7, 11) is 0. The summed E-state index contributed by atoms with van der Waals surface area (Å²) in [6.07, 6.45) is -16.1. The third-order valence-electron chi connectivity index (χ3n) is 7.50. The highest BCUT2D eigenvalue weighted by molar-refractivity contribution is 6.02. The smallest absolute Gasteiger partial charge is 0.229 e. The van der Waals surface area contributed by atoms with Crippen molar-refractivity contribution in [2.45, 2.75) is 80.9 Å². The summed E-state index contributed by atoms with van der Waals surface area (Å²) in [5.41, 5.74) is 0.255. The SMILES string of the molecule is C[C@H]1O[C@@H](OC[C@H]2O[C@@H](Oc3cc(O)c4c(c3)O[C@H](c3ccc(O)c(O)c3)CC4=O)[C@@H](O)[C@H](O)[C@@H]2O)[C@H](O)[C@H](O)[C@H]1O. The van der Waals surface area contributed by atoms with Crippen LogP contribution in [-0.4, -0.2) is 120 Å². The third-order valence-corrected chi connectivity index (χ3v) is 7.50. The normalized spacial score (nSPS) is 36.6. The second kappa shape index (κ2) is 11.8. The van der Waals surface area contributed by atoms with E-state index in [1.54, 1.807) is 0 Å². The van der Waals surface area contributed by atoms with Crippen LogP contribution in [0.5, 0.6) is 28.7 Å². The minimum absolute atomic E-state index is 0.0807. The first-order valence-electron chi connectivity index (χ1n) is 13.1. The molecule has 0 radical (unpaired) electrons. The molecule has 0 amide bonds. The molecule has 0 spiro atoms. The number of ether oxygens (including phenoxy) is 5. The van der Waals surface area contributed by atoms with Crippen LogP contribution in [0.4, 0.5) is 0 Å². The highest BCUT2D eigenvalue weighted by atomic mass is 16.7. The number of phenols is 3. The minimum atomic E-state index is -1.78. The number of phenolic OH excluding ortho intramolecular Hbond substituents is 3. The molecule has 2 aromatic carbocycles. The molecule has 5 rings (SSSR count). The molecule has 2 saturated heterocycles. The molecule has 9 N–H and O–H groups in total. The maximum absolute atomic E-state index is 12.8. The van der Waals surface area contributed by atoms with Crippen LogP contribution in [-0.2, 0) is 14.2 Å². The highest BCUT2D eigenvalue weighted by Gasteiger charge is 2.47. The number of aliphatic hydroxyl groups excluding tert-OH is 6. The van der Waals surface area contributed by atoms with Crippen LogP contribution in [0.1, 0.15) is 35.4 Å². The van der Waals surface area contributed by atoms with Gasteiger partial charge in [0.2, 0.25) is 6.29 Å². The lowest BCUT2D eigenvalue weighted by atomic mass is 9.95. The predicted molar refractivity (Wildman–Crippen MR) is 136 cm³/mol. The zero-order valence-corrected chi connectivity index (χ0v) is 22.1. The quantitative estimate of drug-likeness (QED) is 0.173. The molecule has 0 bridgehead atoms. The first-order chi connectivity index (χ1) is 19.8. The number of carbonyl (C=O) groups excluding carboxylic acids is 1. The molecule has 0 saturated carbocycles. The van der Waals surface area contributed by atoms with Crippen LogP contribution in [0.25, 0.3) is 0 Å². The summed E-state index contributed by atoms with van der Waals surface area (Å²) in [5.74, 6) is -1.96. The van der Waals surface area contributed by atoms with Crippen molar-refractivity contribution in [3.63, 3.8) is 0 Å². The molecule has 11 atom stereocenters. The van der Waals surface area contributed by atoms with Gasteiger partial charge in [0.15, 0.2) is 23.6 Å². The van der Waals surface area contributed by atoms with Crippen LogP contribution < -0.4 is 9.47 Å². The fourth-order valence-electron chi connectivity index (χ4n) is 5.04. The Balaban J connectivity index is 1.30. The highest BCUT2D eigenvalue weighted by Crippen LogP contribution is 2.43. The molecule has 15 nitrogen and oxygen atoms in total. The van der Waals surface area contributed by atoms with Crippen LogP contribution in [0.15, 0.2) is 30.3 Å². The van der Waals surface area contributed by atoms with Crippen LogP contribution in [0.2, 0.25) is 0 Å². The Morgan fingerprint density at radius 1 is 0.786 bits per heavy atom. The minimum Gasteiger partial charge on any atom is -0.507 e. The van der Waals surface area contributed by atoms with Gasteiger partial charge >= 0.3 is 0 Å². The van der Waals surface area contributed by atoms with Crippen LogP contribution in [0, 0.1) is 0 Å². The van der Waals surface area contributed by atoms with E-state index in [9.17, 15) is 50.8 Å². The van der Waals surface area contributed by atoms with Gasteiger partial charge in [0.25, 0.3) is 0 Å². The number of carbonyl (C=O) groups is 1. The van der Waals surface area contributed by atoms with E-state index in [0.29, 0.717) is 5.56 Å². The van der Waals surface area contributed by atoms with Gasteiger partial charge in [0.05, 0.1) is 19.1 Å². The number of benzene rings is 2. The Bertz CT molecular complexity index is 1300. The van der Waals surface area contributed by atoms with Crippen molar-refractivity contribution in [2.24, 2.45) is 0 Å². The molecule has 230 valence electrons. The van der Waals surface area contributed by atoms with E-state index in [1.165, 1.54) is 31.2 Å². The lowest BCUT2D eigenvalue weighted by Crippen LogP contribution is -2.61. The number of Topliss-reactive ketones (excluding diaryl/α,β-unsaturated/α-hetero) is 1. The van der Waals surface area contributed by atoms with E-state index in [1.807, 2.05) is 0 Å². The van der Waals surface area contributed by atoms with Crippen molar-refractivity contribution in [1.82, 2.24) is 0 Å². The lowest BCUT2D eigenvalue weighted by Gasteiger charge is -2.42. The van der Waals surface area contributed by atoms with Crippen molar-refractivity contribution < 1.29 is 74.4 Å². The van der Waals surface area contributed by atoms with E-state index in [2.05, 4.69) is 0 Å². The number of rotatable bonds is 6. The summed E-state index contributed by atoms with van der Waals surface area (Å²) in [5, 5.41) is 91.3.